The summed E-state index contributed by atoms with van der Waals surface area (Å²) in [4.78, 5) is 38.2. The van der Waals surface area contributed by atoms with Crippen LogP contribution in [0.5, 0.6) is 5.75 Å². The highest BCUT2D eigenvalue weighted by Crippen LogP contribution is 2.40. The van der Waals surface area contributed by atoms with E-state index in [9.17, 15) is 14.0 Å². The van der Waals surface area contributed by atoms with Gasteiger partial charge in [0.2, 0.25) is 5.91 Å². The number of hydrogen-bond acceptors (Lipinski definition) is 8. The molecule has 1 aromatic heterocycles. The van der Waals surface area contributed by atoms with Gasteiger partial charge in [-0.2, -0.15) is 0 Å². The zero-order valence-corrected chi connectivity index (χ0v) is 24.2. The summed E-state index contributed by atoms with van der Waals surface area (Å²) in [5.74, 6) is 0.0803. The van der Waals surface area contributed by atoms with Gasteiger partial charge >= 0.3 is 0 Å². The normalized spacial score (nSPS) is 28.1. The van der Waals surface area contributed by atoms with Crippen molar-refractivity contribution in [1.82, 2.24) is 31.1 Å². The Balaban J connectivity index is 1.27. The van der Waals surface area contributed by atoms with E-state index in [0.29, 0.717) is 42.7 Å². The van der Waals surface area contributed by atoms with Crippen LogP contribution in [0.15, 0.2) is 36.5 Å². The van der Waals surface area contributed by atoms with E-state index in [0.717, 1.165) is 25.0 Å². The number of amides is 2. The van der Waals surface area contributed by atoms with Gasteiger partial charge in [0.05, 0.1) is 26.3 Å². The minimum absolute atomic E-state index is 0.0483. The molecule has 4 unspecified atom stereocenters. The largest absolute Gasteiger partial charge is 0.496 e. The van der Waals surface area contributed by atoms with Gasteiger partial charge in [-0.3, -0.25) is 29.7 Å². The van der Waals surface area contributed by atoms with E-state index in [1.807, 2.05) is 24.1 Å². The number of rotatable bonds is 8. The number of hydrogen-bond donors (Lipinski definition) is 3. The topological polar surface area (TPSA) is 108 Å². The number of pyridine rings is 1. The Labute approximate surface area is 240 Å². The Morgan fingerprint density at radius 2 is 2.00 bits per heavy atom. The molecule has 1 saturated carbocycles. The molecule has 10 nitrogen and oxygen atoms in total. The zero-order valence-electron chi connectivity index (χ0n) is 24.2. The summed E-state index contributed by atoms with van der Waals surface area (Å²) in [6.07, 6.45) is 5.50. The predicted octanol–water partition coefficient (Wildman–Crippen LogP) is 2.64. The van der Waals surface area contributed by atoms with Crippen LogP contribution in [0.1, 0.15) is 55.0 Å². The van der Waals surface area contributed by atoms with E-state index < -0.39 is 11.9 Å². The molecular formula is C30H41FN6O4. The molecule has 0 radical (unpaired) electrons. The van der Waals surface area contributed by atoms with Crippen LogP contribution >= 0.6 is 0 Å². The number of carbonyl (C=O) groups is 2. The highest BCUT2D eigenvalue weighted by atomic mass is 19.1. The van der Waals surface area contributed by atoms with Gasteiger partial charge in [-0.1, -0.05) is 6.07 Å². The van der Waals surface area contributed by atoms with Crippen LogP contribution in [-0.2, 0) is 21.0 Å². The van der Waals surface area contributed by atoms with E-state index in [2.05, 4.69) is 27.2 Å². The number of nitrogens with one attached hydrogen (secondary N) is 3. The van der Waals surface area contributed by atoms with Crippen molar-refractivity contribution in [1.29, 1.82) is 0 Å². The minimum Gasteiger partial charge on any atom is -0.496 e. The van der Waals surface area contributed by atoms with Crippen molar-refractivity contribution in [3.8, 4) is 5.75 Å². The van der Waals surface area contributed by atoms with Crippen molar-refractivity contribution in [2.75, 3.05) is 27.8 Å². The molecule has 2 aromatic rings. The van der Waals surface area contributed by atoms with Crippen molar-refractivity contribution in [3.05, 3.63) is 59.2 Å². The van der Waals surface area contributed by atoms with Crippen LogP contribution in [0, 0.1) is 24.6 Å². The number of ether oxygens (including phenoxy) is 1. The van der Waals surface area contributed by atoms with Crippen LogP contribution in [-0.4, -0.2) is 72.7 Å². The summed E-state index contributed by atoms with van der Waals surface area (Å²) in [5.41, 5.74) is 9.44. The Morgan fingerprint density at radius 3 is 2.76 bits per heavy atom. The number of likely N-dealkylation sites (tertiary alicyclic amines) is 1. The van der Waals surface area contributed by atoms with E-state index in [4.69, 9.17) is 9.57 Å². The van der Waals surface area contributed by atoms with Crippen molar-refractivity contribution in [2.24, 2.45) is 11.8 Å². The molecule has 0 spiro atoms. The monoisotopic (exact) mass is 568 g/mol. The molecule has 2 amide bonds. The van der Waals surface area contributed by atoms with Gasteiger partial charge in [-0.25, -0.2) is 14.9 Å². The van der Waals surface area contributed by atoms with Gasteiger partial charge in [-0.05, 0) is 74.8 Å². The molecule has 5 rings (SSSR count). The average molecular weight is 569 g/mol. The lowest BCUT2D eigenvalue weighted by Gasteiger charge is -2.41. The van der Waals surface area contributed by atoms with E-state index in [1.165, 1.54) is 30.9 Å². The Bertz CT molecular complexity index is 1250. The van der Waals surface area contributed by atoms with Crippen molar-refractivity contribution in [3.63, 3.8) is 0 Å². The van der Waals surface area contributed by atoms with E-state index in [-0.39, 0.29) is 36.4 Å². The second kappa shape index (κ2) is 12.8. The maximum absolute atomic E-state index is 14.9. The summed E-state index contributed by atoms with van der Waals surface area (Å²) >= 11 is 0. The number of aromatic nitrogens is 1. The number of benzene rings is 1. The Morgan fingerprint density at radius 1 is 1.17 bits per heavy atom. The number of fused-ring (bicyclic) bond motifs is 1. The van der Waals surface area contributed by atoms with Gasteiger partial charge in [0, 0.05) is 55.6 Å². The number of hydrazine groups is 1. The summed E-state index contributed by atoms with van der Waals surface area (Å²) < 4.78 is 20.3. The first kappa shape index (κ1) is 29.4. The number of carbonyl (C=O) groups excluding carboxylic acids is 2. The molecule has 3 heterocycles. The first-order chi connectivity index (χ1) is 19.8. The van der Waals surface area contributed by atoms with Gasteiger partial charge in [-0.15, -0.1) is 0 Å². The molecule has 222 valence electrons. The second-order valence-electron chi connectivity index (χ2n) is 11.4. The molecule has 3 N–H and O–H groups in total. The lowest BCUT2D eigenvalue weighted by Crippen LogP contribution is -2.57. The smallest absolute Gasteiger partial charge is 0.263 e. The first-order valence-electron chi connectivity index (χ1n) is 14.4. The maximum atomic E-state index is 14.9. The number of likely N-dealkylation sites (N-methyl/N-ethyl adjacent to an activating group) is 1. The molecule has 1 aliphatic carbocycles. The molecule has 2 aliphatic heterocycles. The quantitative estimate of drug-likeness (QED) is 0.418. The highest BCUT2D eigenvalue weighted by Gasteiger charge is 2.43. The first-order valence-corrected chi connectivity index (χ1v) is 14.4. The SMILES string of the molecule is COc1cccc(F)c1CN1C[C@H](NC(=O)C2CCC3NNC(c4ccnc(C)c4)C3C2)CC[C@H]1C(=O)N(C)OC. The summed E-state index contributed by atoms with van der Waals surface area (Å²) in [5, 5.41) is 4.49. The molecule has 3 fully saturated rings. The molecular weight excluding hydrogens is 527 g/mol. The molecule has 2 saturated heterocycles. The van der Waals surface area contributed by atoms with Gasteiger partial charge in [0.1, 0.15) is 11.6 Å². The van der Waals surface area contributed by atoms with Crippen LogP contribution in [0.2, 0.25) is 0 Å². The fraction of sp³-hybridized carbons (Fsp3) is 0.567. The average Bonchev–Trinajstić information content (AvgIpc) is 3.41. The summed E-state index contributed by atoms with van der Waals surface area (Å²) in [6.45, 7) is 2.58. The number of hydroxylamine groups is 2. The third-order valence-electron chi connectivity index (χ3n) is 8.96. The Kier molecular flexibility index (Phi) is 9.18. The van der Waals surface area contributed by atoms with Crippen molar-refractivity contribution in [2.45, 2.75) is 69.7 Å². The van der Waals surface area contributed by atoms with Crippen LogP contribution < -0.4 is 20.9 Å². The van der Waals surface area contributed by atoms with Gasteiger partial charge in [0.25, 0.3) is 5.91 Å². The fourth-order valence-electron chi connectivity index (χ4n) is 6.71. The lowest BCUT2D eigenvalue weighted by molar-refractivity contribution is -0.176. The van der Waals surface area contributed by atoms with Crippen LogP contribution in [0.4, 0.5) is 4.39 Å². The summed E-state index contributed by atoms with van der Waals surface area (Å²) in [7, 11) is 4.52. The minimum atomic E-state index is -0.506. The van der Waals surface area contributed by atoms with Gasteiger partial charge < -0.3 is 10.1 Å². The molecule has 3 aliphatic rings. The number of halogens is 1. The molecule has 6 atom stereocenters. The maximum Gasteiger partial charge on any atom is 0.263 e. The van der Waals surface area contributed by atoms with Gasteiger partial charge in [0.15, 0.2) is 0 Å². The highest BCUT2D eigenvalue weighted by molar-refractivity contribution is 5.81. The van der Waals surface area contributed by atoms with Crippen LogP contribution in [0.3, 0.4) is 0 Å². The van der Waals surface area contributed by atoms with E-state index >= 15 is 0 Å². The number of piperidine rings is 1. The molecule has 0 bridgehead atoms. The standard InChI is InChI=1S/C30H41FN6O4/c1-18-14-19(12-13-32-18)28-22-15-20(8-10-25(22)34-35-28)29(38)33-21-9-11-26(30(39)36(2)41-4)37(16-21)17-23-24(31)6-5-7-27(23)40-3/h5-7,12-14,20-22,25-26,28,34-35H,8-11,15-17H2,1-4H3,(H,33,38)/t20?,21-,22?,25?,26+,28?/m1/s1. The second-order valence-corrected chi connectivity index (χ2v) is 11.4. The number of aryl methyl sites for hydroxylation is 1. The van der Waals surface area contributed by atoms with Crippen LogP contribution in [0.25, 0.3) is 0 Å². The lowest BCUT2D eigenvalue weighted by atomic mass is 9.74. The van der Waals surface area contributed by atoms with E-state index in [1.54, 1.807) is 19.2 Å². The predicted molar refractivity (Wildman–Crippen MR) is 151 cm³/mol. The summed E-state index contributed by atoms with van der Waals surface area (Å²) in [6, 6.07) is 8.63. The third-order valence-corrected chi connectivity index (χ3v) is 8.96. The number of methoxy groups -OCH3 is 1. The number of nitrogens with zero attached hydrogens (tertiary/aromatic N) is 3. The Hall–Kier alpha value is -3.12. The van der Waals surface area contributed by atoms with Crippen molar-refractivity contribution >= 4 is 11.8 Å². The molecule has 41 heavy (non-hydrogen) atoms. The molecule has 11 heteroatoms. The fourth-order valence-corrected chi connectivity index (χ4v) is 6.71. The van der Waals surface area contributed by atoms with Crippen molar-refractivity contribution < 1.29 is 23.6 Å². The molecule has 1 aromatic carbocycles. The zero-order chi connectivity index (χ0) is 29.1. The third kappa shape index (κ3) is 6.38.